The number of carboxylic acids is 2. The van der Waals surface area contributed by atoms with Crippen molar-refractivity contribution in [3.05, 3.63) is 0 Å². The van der Waals surface area contributed by atoms with E-state index in [2.05, 4.69) is 44.5 Å². The number of carboxylic acid groups (broad SMARTS) is 2. The molecule has 0 aromatic rings. The normalized spacial score (nSPS) is 16.4. The summed E-state index contributed by atoms with van der Waals surface area (Å²) in [5.41, 5.74) is 10.5. The fourth-order valence-corrected chi connectivity index (χ4v) is 4.63. The Morgan fingerprint density at radius 2 is 1.55 bits per heavy atom. The van der Waals surface area contributed by atoms with E-state index in [0.717, 1.165) is 4.90 Å². The third kappa shape index (κ3) is 14.1. The Hall–Kier alpha value is -4.70. The van der Waals surface area contributed by atoms with E-state index in [1.807, 2.05) is 0 Å². The van der Waals surface area contributed by atoms with Gasteiger partial charge in [-0.05, 0) is 25.7 Å². The Balaban J connectivity index is 2.89. The predicted molar refractivity (Wildman–Crippen MR) is 165 cm³/mol. The van der Waals surface area contributed by atoms with Crippen molar-refractivity contribution in [2.45, 2.75) is 62.3 Å². The van der Waals surface area contributed by atoms with Gasteiger partial charge in [0.1, 0.15) is 30.2 Å². The molecule has 22 heteroatoms. The number of hydrogen-bond donors (Lipinski definition) is 13. The van der Waals surface area contributed by atoms with E-state index in [9.17, 15) is 53.7 Å². The molecule has 1 aliphatic heterocycles. The fourth-order valence-electron chi connectivity index (χ4n) is 4.39. The second-order valence-corrected chi connectivity index (χ2v) is 10.6. The lowest BCUT2D eigenvalue weighted by Crippen LogP contribution is -2.59. The number of rotatable bonds is 20. The second kappa shape index (κ2) is 20.4. The molecule has 6 amide bonds. The largest absolute Gasteiger partial charge is 0.481 e. The minimum Gasteiger partial charge on any atom is -0.481 e. The van der Waals surface area contributed by atoms with Crippen molar-refractivity contribution in [1.82, 2.24) is 36.8 Å². The van der Waals surface area contributed by atoms with Crippen LogP contribution in [0.2, 0.25) is 0 Å². The van der Waals surface area contributed by atoms with E-state index >= 15 is 0 Å². The van der Waals surface area contributed by atoms with Crippen LogP contribution >= 0.6 is 12.6 Å². The smallest absolute Gasteiger partial charge is 0.327 e. The summed E-state index contributed by atoms with van der Waals surface area (Å²) in [6.07, 6.45) is -0.0933. The fraction of sp³-hybridized carbons (Fsp3) is 0.640. The number of thiol groups is 1. The van der Waals surface area contributed by atoms with Gasteiger partial charge in [0.05, 0.1) is 26.1 Å². The highest BCUT2D eigenvalue weighted by Crippen LogP contribution is 2.19. The standard InChI is InChI=1S/C25H42N10O11S/c26-8-17(37)31-12(3-1-5-29-25(27)28)20(41)30-9-18(38)32-13(7-19(39)40)21(42)33-14(10-36)23(44)35-6-2-4-16(35)22(43)34-15(11-47)24(45)46/h12-16,36,47H,1-11,26H2,(H,30,41)(H,31,37)(H,32,38)(H,33,42)(H,34,43)(H,39,40)(H,45,46)(H4,27,28,29)/t12?,13?,14?,15?,16-/m0/s1. The lowest BCUT2D eigenvalue weighted by Gasteiger charge is -2.29. The number of carbonyl (C=O) groups is 8. The number of hydrogen-bond acceptors (Lipinski definition) is 12. The van der Waals surface area contributed by atoms with E-state index in [-0.39, 0.29) is 44.1 Å². The molecule has 1 aliphatic rings. The van der Waals surface area contributed by atoms with Crippen LogP contribution in [0.15, 0.2) is 0 Å². The first-order valence-corrected chi connectivity index (χ1v) is 15.0. The highest BCUT2D eigenvalue weighted by Gasteiger charge is 2.39. The molecule has 14 N–H and O–H groups in total. The molecule has 0 aromatic carbocycles. The molecule has 1 rings (SSSR count). The maximum absolute atomic E-state index is 13.2. The molecule has 1 fully saturated rings. The minimum absolute atomic E-state index is 0.0386. The van der Waals surface area contributed by atoms with Crippen LogP contribution in [0, 0.1) is 5.41 Å². The highest BCUT2D eigenvalue weighted by molar-refractivity contribution is 7.80. The van der Waals surface area contributed by atoms with Crippen molar-refractivity contribution in [2.24, 2.45) is 11.5 Å². The average Bonchev–Trinajstić information content (AvgIpc) is 3.51. The lowest BCUT2D eigenvalue weighted by atomic mass is 10.1. The summed E-state index contributed by atoms with van der Waals surface area (Å²) in [5.74, 6) is -8.72. The van der Waals surface area contributed by atoms with E-state index in [1.165, 1.54) is 0 Å². The Kier molecular flexibility index (Phi) is 17.5. The first-order valence-electron chi connectivity index (χ1n) is 14.4. The van der Waals surface area contributed by atoms with Crippen molar-refractivity contribution in [1.29, 1.82) is 5.41 Å². The van der Waals surface area contributed by atoms with E-state index in [0.29, 0.717) is 6.42 Å². The van der Waals surface area contributed by atoms with Crippen LogP contribution < -0.4 is 43.4 Å². The van der Waals surface area contributed by atoms with Gasteiger partial charge in [0, 0.05) is 18.8 Å². The molecule has 0 aliphatic carbocycles. The Bertz CT molecular complexity index is 1190. The van der Waals surface area contributed by atoms with Gasteiger partial charge in [-0.3, -0.25) is 39.0 Å². The van der Waals surface area contributed by atoms with Crippen LogP contribution in [0.3, 0.4) is 0 Å². The van der Waals surface area contributed by atoms with E-state index in [1.54, 1.807) is 0 Å². The zero-order valence-corrected chi connectivity index (χ0v) is 26.2. The monoisotopic (exact) mass is 690 g/mol. The molecule has 1 saturated heterocycles. The van der Waals surface area contributed by atoms with Crippen molar-refractivity contribution in [3.63, 3.8) is 0 Å². The van der Waals surface area contributed by atoms with Gasteiger partial charge in [0.2, 0.25) is 35.4 Å². The number of amides is 6. The van der Waals surface area contributed by atoms with Gasteiger partial charge in [-0.15, -0.1) is 0 Å². The number of aliphatic hydroxyl groups is 1. The molecule has 0 spiro atoms. The highest BCUT2D eigenvalue weighted by atomic mass is 32.1. The molecule has 4 unspecified atom stereocenters. The minimum atomic E-state index is -1.77. The second-order valence-electron chi connectivity index (χ2n) is 10.3. The SMILES string of the molecule is N=C(N)NCCCC(NC(=O)CN)C(=O)NCC(=O)NC(CC(=O)O)C(=O)NC(CO)C(=O)N1CCC[C@H]1C(=O)NC(CS)C(=O)O. The van der Waals surface area contributed by atoms with Crippen LogP contribution in [-0.2, 0) is 38.4 Å². The number of nitrogens with one attached hydrogen (secondary N) is 7. The van der Waals surface area contributed by atoms with Crippen LogP contribution in [0.4, 0.5) is 0 Å². The molecule has 47 heavy (non-hydrogen) atoms. The van der Waals surface area contributed by atoms with Gasteiger partial charge in [0.15, 0.2) is 5.96 Å². The van der Waals surface area contributed by atoms with Crippen molar-refractivity contribution in [2.75, 3.05) is 38.5 Å². The Morgan fingerprint density at radius 1 is 0.894 bits per heavy atom. The van der Waals surface area contributed by atoms with E-state index < -0.39 is 104 Å². The zero-order chi connectivity index (χ0) is 35.7. The number of nitrogens with two attached hydrogens (primary N) is 2. The van der Waals surface area contributed by atoms with Gasteiger partial charge in [0.25, 0.3) is 0 Å². The molecular formula is C25H42N10O11S. The Labute approximate surface area is 274 Å². The first-order chi connectivity index (χ1) is 22.1. The summed E-state index contributed by atoms with van der Waals surface area (Å²) < 4.78 is 0. The van der Waals surface area contributed by atoms with E-state index in [4.69, 9.17) is 16.9 Å². The average molecular weight is 691 g/mol. The zero-order valence-electron chi connectivity index (χ0n) is 25.3. The molecule has 264 valence electrons. The summed E-state index contributed by atoms with van der Waals surface area (Å²) >= 11 is 3.88. The first kappa shape index (κ1) is 40.3. The van der Waals surface area contributed by atoms with Crippen molar-refractivity contribution >= 4 is 66.0 Å². The van der Waals surface area contributed by atoms with Gasteiger partial charge >= 0.3 is 11.9 Å². The molecule has 1 heterocycles. The Morgan fingerprint density at radius 3 is 2.11 bits per heavy atom. The number of carbonyl (C=O) groups excluding carboxylic acids is 6. The molecule has 0 saturated carbocycles. The molecule has 21 nitrogen and oxygen atoms in total. The van der Waals surface area contributed by atoms with Gasteiger partial charge in [-0.1, -0.05) is 0 Å². The summed E-state index contributed by atoms with van der Waals surface area (Å²) in [6, 6.07) is -7.00. The number of likely N-dealkylation sites (tertiary alicyclic amines) is 1. The third-order valence-electron chi connectivity index (χ3n) is 6.71. The summed E-state index contributed by atoms with van der Waals surface area (Å²) in [6.45, 7) is -1.90. The maximum Gasteiger partial charge on any atom is 0.327 e. The van der Waals surface area contributed by atoms with Gasteiger partial charge in [-0.25, -0.2) is 4.79 Å². The number of aliphatic hydroxyl groups excluding tert-OH is 1. The third-order valence-corrected chi connectivity index (χ3v) is 7.07. The molecule has 0 aromatic heterocycles. The van der Waals surface area contributed by atoms with Gasteiger partial charge < -0.3 is 63.6 Å². The molecular weight excluding hydrogens is 648 g/mol. The summed E-state index contributed by atoms with van der Waals surface area (Å²) in [7, 11) is 0. The summed E-state index contributed by atoms with van der Waals surface area (Å²) in [4.78, 5) is 99.6. The maximum atomic E-state index is 13.2. The van der Waals surface area contributed by atoms with Crippen molar-refractivity contribution in [3.8, 4) is 0 Å². The number of aliphatic carboxylic acids is 2. The summed E-state index contributed by atoms with van der Waals surface area (Å²) in [5, 5.41) is 49.2. The quantitative estimate of drug-likeness (QED) is 0.0245. The van der Waals surface area contributed by atoms with Crippen LogP contribution in [-0.4, -0.2) is 142 Å². The number of guanidine groups is 1. The number of nitrogens with zero attached hydrogens (tertiary/aromatic N) is 1. The topological polar surface area (TPSA) is 349 Å². The molecule has 0 bridgehead atoms. The van der Waals surface area contributed by atoms with Crippen LogP contribution in [0.25, 0.3) is 0 Å². The molecule has 0 radical (unpaired) electrons. The van der Waals surface area contributed by atoms with Crippen molar-refractivity contribution < 1.29 is 53.7 Å². The van der Waals surface area contributed by atoms with Crippen LogP contribution in [0.1, 0.15) is 32.1 Å². The molecule has 5 atom stereocenters. The predicted octanol–water partition coefficient (Wildman–Crippen LogP) is -6.26. The van der Waals surface area contributed by atoms with Crippen LogP contribution in [0.5, 0.6) is 0 Å². The van der Waals surface area contributed by atoms with Gasteiger partial charge in [-0.2, -0.15) is 12.6 Å². The lowest BCUT2D eigenvalue weighted by molar-refractivity contribution is -0.145.